The zero-order valence-electron chi connectivity index (χ0n) is 15.9. The Hall–Kier alpha value is -3.76. The standard InChI is InChI=1S/C23H17BrN2O4/c1-29-21-13-15(12-18(24)22(21)27)11-16(14-25)23(28)26-19-9-5-6-10-20(19)30-17-7-3-2-4-8-17/h2-13,27H,1H3,(H,26,28)/b16-11+. The number of benzene rings is 3. The van der Waals surface area contributed by atoms with Crippen molar-refractivity contribution in [2.75, 3.05) is 12.4 Å². The Balaban J connectivity index is 1.86. The normalized spacial score (nSPS) is 10.8. The molecule has 3 aromatic rings. The number of phenolic OH excluding ortho intramolecular Hbond substituents is 1. The van der Waals surface area contributed by atoms with Crippen LogP contribution in [-0.4, -0.2) is 18.1 Å². The van der Waals surface area contributed by atoms with E-state index in [1.807, 2.05) is 24.3 Å². The van der Waals surface area contributed by atoms with Gasteiger partial charge in [-0.05, 0) is 64.0 Å². The second-order valence-electron chi connectivity index (χ2n) is 6.09. The predicted molar refractivity (Wildman–Crippen MR) is 118 cm³/mol. The summed E-state index contributed by atoms with van der Waals surface area (Å²) in [5, 5.41) is 22.1. The first-order valence-electron chi connectivity index (χ1n) is 8.83. The number of nitriles is 1. The molecule has 7 heteroatoms. The van der Waals surface area contributed by atoms with Crippen LogP contribution in [0.1, 0.15) is 5.56 Å². The minimum atomic E-state index is -0.593. The monoisotopic (exact) mass is 464 g/mol. The van der Waals surface area contributed by atoms with Crippen molar-refractivity contribution in [3.05, 3.63) is 82.3 Å². The number of methoxy groups -OCH3 is 1. The molecule has 0 saturated heterocycles. The number of nitrogens with zero attached hydrogens (tertiary/aromatic N) is 1. The Morgan fingerprint density at radius 2 is 1.80 bits per heavy atom. The summed E-state index contributed by atoms with van der Waals surface area (Å²) in [5.74, 6) is 0.629. The largest absolute Gasteiger partial charge is 0.503 e. The molecule has 0 saturated carbocycles. The van der Waals surface area contributed by atoms with Gasteiger partial charge in [0.15, 0.2) is 17.2 Å². The maximum atomic E-state index is 12.7. The maximum absolute atomic E-state index is 12.7. The number of rotatable bonds is 6. The minimum Gasteiger partial charge on any atom is -0.503 e. The summed E-state index contributed by atoms with van der Waals surface area (Å²) in [6.45, 7) is 0. The molecule has 6 nitrogen and oxygen atoms in total. The lowest BCUT2D eigenvalue weighted by molar-refractivity contribution is -0.112. The number of carbonyl (C=O) groups is 1. The first kappa shape index (κ1) is 21.0. The van der Waals surface area contributed by atoms with Gasteiger partial charge in [0.1, 0.15) is 17.4 Å². The summed E-state index contributed by atoms with van der Waals surface area (Å²) in [5.41, 5.74) is 0.818. The van der Waals surface area contributed by atoms with Crippen molar-refractivity contribution in [3.63, 3.8) is 0 Å². The van der Waals surface area contributed by atoms with E-state index < -0.39 is 5.91 Å². The summed E-state index contributed by atoms with van der Waals surface area (Å²) in [6, 6.07) is 21.1. The molecule has 0 atom stereocenters. The number of hydrogen-bond donors (Lipinski definition) is 2. The minimum absolute atomic E-state index is 0.0652. The highest BCUT2D eigenvalue weighted by atomic mass is 79.9. The van der Waals surface area contributed by atoms with Crippen LogP contribution < -0.4 is 14.8 Å². The molecule has 0 aliphatic rings. The first-order valence-corrected chi connectivity index (χ1v) is 9.62. The van der Waals surface area contributed by atoms with Crippen molar-refractivity contribution >= 4 is 33.6 Å². The van der Waals surface area contributed by atoms with Crippen molar-refractivity contribution in [3.8, 4) is 29.1 Å². The fourth-order valence-electron chi connectivity index (χ4n) is 2.61. The van der Waals surface area contributed by atoms with Gasteiger partial charge in [-0.25, -0.2) is 0 Å². The van der Waals surface area contributed by atoms with Crippen LogP contribution in [0.5, 0.6) is 23.0 Å². The molecule has 2 N–H and O–H groups in total. The van der Waals surface area contributed by atoms with Gasteiger partial charge in [-0.2, -0.15) is 5.26 Å². The van der Waals surface area contributed by atoms with Crippen LogP contribution in [0.15, 0.2) is 76.8 Å². The van der Waals surface area contributed by atoms with Crippen LogP contribution in [0.4, 0.5) is 5.69 Å². The fourth-order valence-corrected chi connectivity index (χ4v) is 3.07. The van der Waals surface area contributed by atoms with Crippen molar-refractivity contribution in [2.45, 2.75) is 0 Å². The quantitative estimate of drug-likeness (QED) is 0.371. The molecule has 0 spiro atoms. The molecular weight excluding hydrogens is 448 g/mol. The first-order chi connectivity index (χ1) is 14.5. The number of para-hydroxylation sites is 3. The SMILES string of the molecule is COc1cc(/C=C(\C#N)C(=O)Nc2ccccc2Oc2ccccc2)cc(Br)c1O. The van der Waals surface area contributed by atoms with Gasteiger partial charge in [-0.15, -0.1) is 0 Å². The lowest BCUT2D eigenvalue weighted by atomic mass is 10.1. The summed E-state index contributed by atoms with van der Waals surface area (Å²) >= 11 is 3.22. The molecule has 1 amide bonds. The molecule has 0 aliphatic heterocycles. The Morgan fingerprint density at radius 3 is 2.50 bits per heavy atom. The van der Waals surface area contributed by atoms with Crippen LogP contribution in [0, 0.1) is 11.3 Å². The highest BCUT2D eigenvalue weighted by Crippen LogP contribution is 2.36. The van der Waals surface area contributed by atoms with Crippen molar-refractivity contribution in [2.24, 2.45) is 0 Å². The van der Waals surface area contributed by atoms with E-state index in [1.165, 1.54) is 19.3 Å². The predicted octanol–water partition coefficient (Wildman–Crippen LogP) is 5.50. The fraction of sp³-hybridized carbons (Fsp3) is 0.0435. The lowest BCUT2D eigenvalue weighted by Gasteiger charge is -2.12. The molecule has 30 heavy (non-hydrogen) atoms. The van der Waals surface area contributed by atoms with Gasteiger partial charge in [0.25, 0.3) is 5.91 Å². The third-order valence-electron chi connectivity index (χ3n) is 4.05. The van der Waals surface area contributed by atoms with Crippen molar-refractivity contribution < 1.29 is 19.4 Å². The Labute approximate surface area is 182 Å². The molecule has 0 aromatic heterocycles. The molecule has 0 heterocycles. The summed E-state index contributed by atoms with van der Waals surface area (Å²) < 4.78 is 11.3. The summed E-state index contributed by atoms with van der Waals surface area (Å²) in [6.07, 6.45) is 1.41. The highest BCUT2D eigenvalue weighted by molar-refractivity contribution is 9.10. The molecule has 0 bridgehead atoms. The molecule has 0 aliphatic carbocycles. The molecular formula is C23H17BrN2O4. The van der Waals surface area contributed by atoms with Crippen LogP contribution in [-0.2, 0) is 4.79 Å². The van der Waals surface area contributed by atoms with Gasteiger partial charge < -0.3 is 19.9 Å². The van der Waals surface area contributed by atoms with Gasteiger partial charge in [-0.3, -0.25) is 4.79 Å². The van der Waals surface area contributed by atoms with E-state index in [4.69, 9.17) is 9.47 Å². The lowest BCUT2D eigenvalue weighted by Crippen LogP contribution is -2.14. The average molecular weight is 465 g/mol. The van der Waals surface area contributed by atoms with Gasteiger partial charge in [0, 0.05) is 0 Å². The molecule has 0 radical (unpaired) electrons. The van der Waals surface area contributed by atoms with Gasteiger partial charge in [-0.1, -0.05) is 30.3 Å². The van der Waals surface area contributed by atoms with E-state index >= 15 is 0 Å². The highest BCUT2D eigenvalue weighted by Gasteiger charge is 2.14. The number of anilines is 1. The Kier molecular flexibility index (Phi) is 6.73. The zero-order chi connectivity index (χ0) is 21.5. The zero-order valence-corrected chi connectivity index (χ0v) is 17.5. The third kappa shape index (κ3) is 4.99. The molecule has 3 rings (SSSR count). The number of ether oxygens (including phenoxy) is 2. The van der Waals surface area contributed by atoms with Crippen LogP contribution in [0.3, 0.4) is 0 Å². The second-order valence-corrected chi connectivity index (χ2v) is 6.94. The Morgan fingerprint density at radius 1 is 1.10 bits per heavy atom. The van der Waals surface area contributed by atoms with E-state index in [0.717, 1.165) is 0 Å². The summed E-state index contributed by atoms with van der Waals surface area (Å²) in [4.78, 5) is 12.7. The number of phenols is 1. The molecule has 0 unspecified atom stereocenters. The number of hydrogen-bond acceptors (Lipinski definition) is 5. The second kappa shape index (κ2) is 9.63. The number of nitrogens with one attached hydrogen (secondary N) is 1. The van der Waals surface area contributed by atoms with E-state index in [2.05, 4.69) is 21.2 Å². The number of carbonyl (C=O) groups excluding carboxylic acids is 1. The van der Waals surface area contributed by atoms with Crippen LogP contribution in [0.2, 0.25) is 0 Å². The van der Waals surface area contributed by atoms with Crippen molar-refractivity contribution in [1.29, 1.82) is 5.26 Å². The smallest absolute Gasteiger partial charge is 0.266 e. The average Bonchev–Trinajstić information content (AvgIpc) is 2.76. The maximum Gasteiger partial charge on any atom is 0.266 e. The number of halogens is 1. The molecule has 0 fully saturated rings. The van der Waals surface area contributed by atoms with Crippen LogP contribution in [0.25, 0.3) is 6.08 Å². The van der Waals surface area contributed by atoms with Gasteiger partial charge in [0.05, 0.1) is 17.3 Å². The van der Waals surface area contributed by atoms with Gasteiger partial charge in [0.2, 0.25) is 0 Å². The summed E-state index contributed by atoms with van der Waals surface area (Å²) in [7, 11) is 1.41. The number of aromatic hydroxyl groups is 1. The van der Waals surface area contributed by atoms with E-state index in [1.54, 1.807) is 42.5 Å². The van der Waals surface area contributed by atoms with E-state index in [-0.39, 0.29) is 17.1 Å². The van der Waals surface area contributed by atoms with Crippen molar-refractivity contribution in [1.82, 2.24) is 0 Å². The molecule has 150 valence electrons. The van der Waals surface area contributed by atoms with Crippen LogP contribution >= 0.6 is 15.9 Å². The number of amides is 1. The molecule has 3 aromatic carbocycles. The van der Waals surface area contributed by atoms with E-state index in [9.17, 15) is 15.2 Å². The Bertz CT molecular complexity index is 1140. The van der Waals surface area contributed by atoms with E-state index in [0.29, 0.717) is 27.2 Å². The third-order valence-corrected chi connectivity index (χ3v) is 4.66. The van der Waals surface area contributed by atoms with Gasteiger partial charge >= 0.3 is 0 Å². The topological polar surface area (TPSA) is 91.6 Å².